The van der Waals surface area contributed by atoms with Crippen LogP contribution in [0.4, 0.5) is 0 Å². The van der Waals surface area contributed by atoms with E-state index in [0.29, 0.717) is 0 Å². The minimum atomic E-state index is 1.13. The molecule has 1 heterocycles. The summed E-state index contributed by atoms with van der Waals surface area (Å²) in [5, 5.41) is 0. The van der Waals surface area contributed by atoms with Crippen LogP contribution >= 0.6 is 0 Å². The fraction of sp³-hybridized carbons (Fsp3) is 0.882. The van der Waals surface area contributed by atoms with Crippen molar-refractivity contribution in [3.63, 3.8) is 0 Å². The van der Waals surface area contributed by atoms with Gasteiger partial charge in [-0.1, -0.05) is 156 Å². The van der Waals surface area contributed by atoms with Crippen molar-refractivity contribution in [2.45, 2.75) is 194 Å². The minimum absolute atomic E-state index is 1.13. The molecule has 1 aromatic rings. The highest BCUT2D eigenvalue weighted by Crippen LogP contribution is 2.21. The first-order valence-electron chi connectivity index (χ1n) is 16.6. The lowest BCUT2D eigenvalue weighted by Gasteiger charge is -2.13. The molecule has 2 nitrogen and oxygen atoms in total. The normalized spacial score (nSPS) is 11.4. The zero-order valence-electron chi connectivity index (χ0n) is 25.0. The fourth-order valence-corrected chi connectivity index (χ4v) is 5.44. The molecular formula is C34H63N2. The molecule has 209 valence electrons. The van der Waals surface area contributed by atoms with Gasteiger partial charge in [0, 0.05) is 11.4 Å². The predicted octanol–water partition coefficient (Wildman–Crippen LogP) is 11.3. The molecule has 0 saturated heterocycles. The van der Waals surface area contributed by atoms with Gasteiger partial charge in [-0.05, 0) is 44.1 Å². The summed E-state index contributed by atoms with van der Waals surface area (Å²) in [5.41, 5.74) is 4.16. The molecule has 2 heteroatoms. The highest BCUT2D eigenvalue weighted by molar-refractivity contribution is 5.25. The van der Waals surface area contributed by atoms with Crippen molar-refractivity contribution >= 4 is 0 Å². The molecule has 0 atom stereocenters. The summed E-state index contributed by atoms with van der Waals surface area (Å²) in [7, 11) is 0. The second-order valence-corrected chi connectivity index (χ2v) is 11.4. The van der Waals surface area contributed by atoms with Crippen LogP contribution < -0.4 is 0 Å². The van der Waals surface area contributed by atoms with E-state index in [2.05, 4.69) is 27.1 Å². The van der Waals surface area contributed by atoms with E-state index in [9.17, 15) is 0 Å². The van der Waals surface area contributed by atoms with Crippen LogP contribution in [0.1, 0.15) is 192 Å². The van der Waals surface area contributed by atoms with Crippen molar-refractivity contribution in [2.75, 3.05) is 0 Å². The molecule has 0 unspecified atom stereocenters. The molecule has 0 aliphatic heterocycles. The van der Waals surface area contributed by atoms with Gasteiger partial charge in [-0.2, -0.15) is 0 Å². The monoisotopic (exact) mass is 499 g/mol. The third-order valence-corrected chi connectivity index (χ3v) is 7.88. The van der Waals surface area contributed by atoms with Crippen LogP contribution in [0.3, 0.4) is 0 Å². The van der Waals surface area contributed by atoms with E-state index < -0.39 is 0 Å². The number of aromatic nitrogens is 2. The van der Waals surface area contributed by atoms with Crippen molar-refractivity contribution < 1.29 is 0 Å². The largest absolute Gasteiger partial charge is 0.230 e. The molecule has 0 spiro atoms. The third-order valence-electron chi connectivity index (χ3n) is 7.88. The molecular weight excluding hydrogens is 436 g/mol. The average molecular weight is 500 g/mol. The Balaban J connectivity index is 2.47. The van der Waals surface area contributed by atoms with E-state index in [1.165, 1.54) is 177 Å². The number of rotatable bonds is 27. The summed E-state index contributed by atoms with van der Waals surface area (Å²) < 4.78 is 0. The van der Waals surface area contributed by atoms with Crippen LogP contribution in [0, 0.1) is 6.33 Å². The summed E-state index contributed by atoms with van der Waals surface area (Å²) in [4.78, 5) is 9.39. The molecule has 1 rings (SSSR count). The van der Waals surface area contributed by atoms with Gasteiger partial charge < -0.3 is 0 Å². The van der Waals surface area contributed by atoms with E-state index in [0.717, 1.165) is 12.8 Å². The lowest BCUT2D eigenvalue weighted by molar-refractivity contribution is 0.562. The van der Waals surface area contributed by atoms with Crippen molar-refractivity contribution in [2.24, 2.45) is 0 Å². The van der Waals surface area contributed by atoms with Gasteiger partial charge in [0.25, 0.3) is 0 Å². The molecule has 0 saturated carbocycles. The first kappa shape index (κ1) is 33.1. The lowest BCUT2D eigenvalue weighted by atomic mass is 9.96. The lowest BCUT2D eigenvalue weighted by Crippen LogP contribution is -2.07. The Kier molecular flexibility index (Phi) is 23.7. The number of hydrogen-bond donors (Lipinski definition) is 0. The molecule has 0 bridgehead atoms. The van der Waals surface area contributed by atoms with Gasteiger partial charge in [0.15, 0.2) is 6.33 Å². The molecule has 0 aromatic carbocycles. The maximum absolute atomic E-state index is 4.70. The number of unbranched alkanes of at least 4 members (excludes halogenated alkanes) is 21. The summed E-state index contributed by atoms with van der Waals surface area (Å²) in [6.07, 6.45) is 39.5. The Hall–Kier alpha value is -0.920. The molecule has 0 fully saturated rings. The topological polar surface area (TPSA) is 25.8 Å². The van der Waals surface area contributed by atoms with Gasteiger partial charge in [0.05, 0.1) is 0 Å². The fourth-order valence-electron chi connectivity index (χ4n) is 5.44. The van der Waals surface area contributed by atoms with Crippen LogP contribution in [0.25, 0.3) is 0 Å². The Morgan fingerprint density at radius 1 is 0.361 bits per heavy atom. The van der Waals surface area contributed by atoms with Gasteiger partial charge in [0.2, 0.25) is 0 Å². The molecule has 0 aliphatic carbocycles. The number of aryl methyl sites for hydroxylation is 2. The van der Waals surface area contributed by atoms with Crippen LogP contribution in [0.2, 0.25) is 0 Å². The molecule has 36 heavy (non-hydrogen) atoms. The van der Waals surface area contributed by atoms with Crippen molar-refractivity contribution in [1.82, 2.24) is 9.97 Å². The Bertz CT molecular complexity index is 544. The van der Waals surface area contributed by atoms with Crippen LogP contribution in [0.15, 0.2) is 0 Å². The zero-order valence-corrected chi connectivity index (χ0v) is 25.0. The van der Waals surface area contributed by atoms with E-state index in [1.54, 1.807) is 0 Å². The number of hydrogen-bond acceptors (Lipinski definition) is 2. The van der Waals surface area contributed by atoms with Gasteiger partial charge in [-0.3, -0.25) is 0 Å². The van der Waals surface area contributed by atoms with Crippen molar-refractivity contribution in [1.29, 1.82) is 0 Å². The van der Waals surface area contributed by atoms with E-state index in [4.69, 9.17) is 9.97 Å². The SMILES string of the molecule is CCCCCCCCCCc1n[c]nc(CCCCCCCCCC)c1CCCCCCCCCC. The van der Waals surface area contributed by atoms with Gasteiger partial charge in [-0.15, -0.1) is 0 Å². The molecule has 1 radical (unpaired) electrons. The van der Waals surface area contributed by atoms with Gasteiger partial charge >= 0.3 is 0 Å². The summed E-state index contributed by atoms with van der Waals surface area (Å²) in [6, 6.07) is 0. The molecule has 0 aliphatic rings. The van der Waals surface area contributed by atoms with Gasteiger partial charge in [0.1, 0.15) is 0 Å². The van der Waals surface area contributed by atoms with Crippen LogP contribution in [0.5, 0.6) is 0 Å². The maximum atomic E-state index is 4.70. The van der Waals surface area contributed by atoms with Crippen LogP contribution in [-0.4, -0.2) is 9.97 Å². The summed E-state index contributed by atoms with van der Waals surface area (Å²) >= 11 is 0. The smallest absolute Gasteiger partial charge is 0.198 e. The summed E-state index contributed by atoms with van der Waals surface area (Å²) in [5.74, 6) is 0. The standard InChI is InChI=1S/C34H63N2/c1-4-7-10-13-16-19-22-25-28-32-33(29-26-23-20-17-14-11-8-5-2)35-31-36-34(32)30-27-24-21-18-15-12-9-6-3/h4-30H2,1-3H3. The number of nitrogens with zero attached hydrogens (tertiary/aromatic N) is 2. The van der Waals surface area contributed by atoms with Crippen LogP contribution in [-0.2, 0) is 19.3 Å². The second kappa shape index (κ2) is 25.7. The third kappa shape index (κ3) is 18.3. The van der Waals surface area contributed by atoms with E-state index >= 15 is 0 Å². The van der Waals surface area contributed by atoms with E-state index in [1.807, 2.05) is 0 Å². The van der Waals surface area contributed by atoms with E-state index in [-0.39, 0.29) is 0 Å². The molecule has 0 N–H and O–H groups in total. The van der Waals surface area contributed by atoms with Gasteiger partial charge in [-0.25, -0.2) is 9.97 Å². The highest BCUT2D eigenvalue weighted by atomic mass is 14.8. The minimum Gasteiger partial charge on any atom is -0.230 e. The predicted molar refractivity (Wildman–Crippen MR) is 160 cm³/mol. The highest BCUT2D eigenvalue weighted by Gasteiger charge is 2.12. The second-order valence-electron chi connectivity index (χ2n) is 11.4. The van der Waals surface area contributed by atoms with Crippen molar-refractivity contribution in [3.05, 3.63) is 23.3 Å². The average Bonchev–Trinajstić information content (AvgIpc) is 2.89. The Labute approximate surface area is 227 Å². The maximum Gasteiger partial charge on any atom is 0.198 e. The quantitative estimate of drug-likeness (QED) is 0.112. The Morgan fingerprint density at radius 3 is 0.972 bits per heavy atom. The zero-order chi connectivity index (χ0) is 25.9. The first-order valence-corrected chi connectivity index (χ1v) is 16.6. The first-order chi connectivity index (χ1) is 17.8. The van der Waals surface area contributed by atoms with Crippen molar-refractivity contribution in [3.8, 4) is 0 Å². The summed E-state index contributed by atoms with van der Waals surface area (Å²) in [6.45, 7) is 6.90. The molecule has 0 amide bonds. The Morgan fingerprint density at radius 2 is 0.639 bits per heavy atom. The molecule has 1 aromatic heterocycles.